The number of piperazine rings is 1. The fourth-order valence-electron chi connectivity index (χ4n) is 5.92. The van der Waals surface area contributed by atoms with Gasteiger partial charge < -0.3 is 20.4 Å². The molecule has 45 heavy (non-hydrogen) atoms. The van der Waals surface area contributed by atoms with E-state index in [0.717, 1.165) is 79.5 Å². The molecule has 2 saturated heterocycles. The molecule has 6 rings (SSSR count). The maximum atomic E-state index is 12.9. The van der Waals surface area contributed by atoms with Crippen LogP contribution in [0.25, 0.3) is 22.4 Å². The third-order valence-corrected chi connectivity index (χ3v) is 8.28. The standard InChI is InChI=1S/C36H42N6O3/c1-36(2,3)45-35(44)42-20-4-5-32(42)33-38-23-31(40-33)28-12-8-26(9-13-28)27-10-14-29(15-11-27)34(43)39-30-16-6-25(7-17-30)24-41-21-18-37-19-22-41/h6-17,23,32,37H,4-5,18-22,24H2,1-3H3,(H,38,40)(H,39,43)/t32-/m0/s1. The molecule has 3 aromatic carbocycles. The van der Waals surface area contributed by atoms with Crippen molar-refractivity contribution in [2.75, 3.05) is 38.0 Å². The van der Waals surface area contributed by atoms with Gasteiger partial charge in [-0.1, -0.05) is 48.5 Å². The first-order valence-electron chi connectivity index (χ1n) is 15.8. The normalized spacial score (nSPS) is 17.3. The van der Waals surface area contributed by atoms with E-state index in [1.807, 2.05) is 75.5 Å². The van der Waals surface area contributed by atoms with Gasteiger partial charge in [-0.05, 0) is 74.6 Å². The Morgan fingerprint density at radius 2 is 1.53 bits per heavy atom. The highest BCUT2D eigenvalue weighted by Crippen LogP contribution is 2.33. The number of anilines is 1. The molecular weight excluding hydrogens is 564 g/mol. The summed E-state index contributed by atoms with van der Waals surface area (Å²) in [5.41, 5.74) is 5.99. The number of ether oxygens (including phenoxy) is 1. The zero-order chi connectivity index (χ0) is 31.4. The number of benzene rings is 3. The molecule has 0 unspecified atom stereocenters. The van der Waals surface area contributed by atoms with Gasteiger partial charge in [0, 0.05) is 62.3 Å². The van der Waals surface area contributed by atoms with Crippen LogP contribution in [0, 0.1) is 0 Å². The summed E-state index contributed by atoms with van der Waals surface area (Å²) in [5.74, 6) is 0.644. The lowest BCUT2D eigenvalue weighted by Gasteiger charge is -2.27. The maximum absolute atomic E-state index is 12.9. The Kier molecular flexibility index (Phi) is 9.00. The van der Waals surface area contributed by atoms with Gasteiger partial charge in [-0.15, -0.1) is 0 Å². The number of nitrogens with one attached hydrogen (secondary N) is 3. The van der Waals surface area contributed by atoms with Crippen LogP contribution >= 0.6 is 0 Å². The molecule has 4 aromatic rings. The highest BCUT2D eigenvalue weighted by molar-refractivity contribution is 6.04. The first-order chi connectivity index (χ1) is 21.7. The molecule has 0 bridgehead atoms. The highest BCUT2D eigenvalue weighted by Gasteiger charge is 2.34. The summed E-state index contributed by atoms with van der Waals surface area (Å²) in [6, 6.07) is 23.9. The molecule has 0 aliphatic carbocycles. The van der Waals surface area contributed by atoms with Crippen molar-refractivity contribution in [1.82, 2.24) is 25.1 Å². The van der Waals surface area contributed by atoms with Crippen LogP contribution in [0.3, 0.4) is 0 Å². The molecule has 9 heteroatoms. The van der Waals surface area contributed by atoms with Crippen LogP contribution < -0.4 is 10.6 Å². The second-order valence-electron chi connectivity index (χ2n) is 12.8. The first kappa shape index (κ1) is 30.6. The Bertz CT molecular complexity index is 1600. The second kappa shape index (κ2) is 13.3. The summed E-state index contributed by atoms with van der Waals surface area (Å²) in [7, 11) is 0. The number of rotatable bonds is 7. The van der Waals surface area contributed by atoms with Crippen molar-refractivity contribution >= 4 is 17.7 Å². The molecule has 3 heterocycles. The predicted octanol–water partition coefficient (Wildman–Crippen LogP) is 6.47. The van der Waals surface area contributed by atoms with E-state index >= 15 is 0 Å². The molecule has 0 radical (unpaired) electrons. The lowest BCUT2D eigenvalue weighted by Crippen LogP contribution is -2.42. The van der Waals surface area contributed by atoms with Crippen LogP contribution in [0.1, 0.15) is 61.4 Å². The fraction of sp³-hybridized carbons (Fsp3) is 0.361. The summed E-state index contributed by atoms with van der Waals surface area (Å²) in [4.78, 5) is 38.0. The van der Waals surface area contributed by atoms with E-state index in [0.29, 0.717) is 12.1 Å². The monoisotopic (exact) mass is 606 g/mol. The Morgan fingerprint density at radius 3 is 2.20 bits per heavy atom. The quantitative estimate of drug-likeness (QED) is 0.223. The van der Waals surface area contributed by atoms with Crippen molar-refractivity contribution < 1.29 is 14.3 Å². The smallest absolute Gasteiger partial charge is 0.410 e. The SMILES string of the molecule is CC(C)(C)OC(=O)N1CCC[C@H]1c1nc(-c2ccc(-c3ccc(C(=O)Nc4ccc(CN5CCNCC5)cc4)cc3)cc2)c[nH]1. The molecule has 2 aliphatic heterocycles. The van der Waals surface area contributed by atoms with Crippen molar-refractivity contribution in [3.05, 3.63) is 95.9 Å². The number of hydrogen-bond acceptors (Lipinski definition) is 6. The number of H-pyrrole nitrogens is 1. The van der Waals surface area contributed by atoms with Crippen molar-refractivity contribution in [3.63, 3.8) is 0 Å². The molecule has 0 spiro atoms. The van der Waals surface area contributed by atoms with Crippen molar-refractivity contribution in [2.45, 2.75) is 51.8 Å². The lowest BCUT2D eigenvalue weighted by atomic mass is 10.0. The van der Waals surface area contributed by atoms with Gasteiger partial charge in [0.2, 0.25) is 0 Å². The zero-order valence-electron chi connectivity index (χ0n) is 26.3. The number of likely N-dealkylation sites (tertiary alicyclic amines) is 1. The fourth-order valence-corrected chi connectivity index (χ4v) is 5.92. The van der Waals surface area contributed by atoms with E-state index in [-0.39, 0.29) is 18.0 Å². The van der Waals surface area contributed by atoms with Gasteiger partial charge in [0.25, 0.3) is 5.91 Å². The number of imidazole rings is 1. The van der Waals surface area contributed by atoms with Gasteiger partial charge >= 0.3 is 6.09 Å². The Labute approximate surface area is 265 Å². The largest absolute Gasteiger partial charge is 0.444 e. The molecule has 1 atom stereocenters. The highest BCUT2D eigenvalue weighted by atomic mass is 16.6. The molecule has 3 N–H and O–H groups in total. The number of hydrogen-bond donors (Lipinski definition) is 3. The zero-order valence-corrected chi connectivity index (χ0v) is 26.3. The van der Waals surface area contributed by atoms with E-state index in [9.17, 15) is 9.59 Å². The van der Waals surface area contributed by atoms with Crippen LogP contribution in [0.15, 0.2) is 79.0 Å². The van der Waals surface area contributed by atoms with Gasteiger partial charge in [0.1, 0.15) is 11.4 Å². The van der Waals surface area contributed by atoms with Crippen LogP contribution in [0.4, 0.5) is 10.5 Å². The summed E-state index contributed by atoms with van der Waals surface area (Å²) < 4.78 is 5.61. The number of nitrogens with zero attached hydrogens (tertiary/aromatic N) is 3. The van der Waals surface area contributed by atoms with E-state index in [1.165, 1.54) is 5.56 Å². The third-order valence-electron chi connectivity index (χ3n) is 8.28. The average Bonchev–Trinajstić information content (AvgIpc) is 3.73. The van der Waals surface area contributed by atoms with Gasteiger partial charge in [-0.2, -0.15) is 0 Å². The molecule has 1 aromatic heterocycles. The molecule has 2 fully saturated rings. The van der Waals surface area contributed by atoms with Crippen molar-refractivity contribution in [2.24, 2.45) is 0 Å². The van der Waals surface area contributed by atoms with Gasteiger partial charge in [-0.25, -0.2) is 9.78 Å². The van der Waals surface area contributed by atoms with Crippen molar-refractivity contribution in [3.8, 4) is 22.4 Å². The third kappa shape index (κ3) is 7.61. The van der Waals surface area contributed by atoms with E-state index in [2.05, 4.69) is 44.8 Å². The number of aromatic nitrogens is 2. The van der Waals surface area contributed by atoms with Crippen LogP contribution in [-0.4, -0.2) is 70.1 Å². The molecule has 2 aliphatic rings. The van der Waals surface area contributed by atoms with Crippen molar-refractivity contribution in [1.29, 1.82) is 0 Å². The van der Waals surface area contributed by atoms with E-state index in [4.69, 9.17) is 9.72 Å². The minimum atomic E-state index is -0.537. The minimum absolute atomic E-state index is 0.120. The van der Waals surface area contributed by atoms with Gasteiger partial charge in [-0.3, -0.25) is 14.6 Å². The number of amides is 2. The summed E-state index contributed by atoms with van der Waals surface area (Å²) in [5, 5.41) is 6.39. The molecular formula is C36H42N6O3. The van der Waals surface area contributed by atoms with E-state index < -0.39 is 5.60 Å². The number of carbonyl (C=O) groups excluding carboxylic acids is 2. The average molecular weight is 607 g/mol. The predicted molar refractivity (Wildman–Crippen MR) is 177 cm³/mol. The topological polar surface area (TPSA) is 103 Å². The number of aromatic amines is 1. The van der Waals surface area contributed by atoms with Crippen LogP contribution in [0.5, 0.6) is 0 Å². The maximum Gasteiger partial charge on any atom is 0.410 e. The first-order valence-corrected chi connectivity index (χ1v) is 15.8. The molecule has 234 valence electrons. The van der Waals surface area contributed by atoms with Gasteiger partial charge in [0.05, 0.1) is 11.7 Å². The number of carbonyl (C=O) groups is 2. The summed E-state index contributed by atoms with van der Waals surface area (Å²) in [6.45, 7) is 11.4. The molecule has 2 amide bonds. The Hall–Kier alpha value is -4.47. The summed E-state index contributed by atoms with van der Waals surface area (Å²) in [6.07, 6.45) is 3.36. The Morgan fingerprint density at radius 1 is 0.889 bits per heavy atom. The van der Waals surface area contributed by atoms with Crippen LogP contribution in [0.2, 0.25) is 0 Å². The van der Waals surface area contributed by atoms with E-state index in [1.54, 1.807) is 4.90 Å². The summed E-state index contributed by atoms with van der Waals surface area (Å²) >= 11 is 0. The second-order valence-corrected chi connectivity index (χ2v) is 12.8. The lowest BCUT2D eigenvalue weighted by molar-refractivity contribution is 0.0218. The van der Waals surface area contributed by atoms with Crippen LogP contribution in [-0.2, 0) is 11.3 Å². The molecule has 9 nitrogen and oxygen atoms in total. The Balaban J connectivity index is 1.05. The van der Waals surface area contributed by atoms with Gasteiger partial charge in [0.15, 0.2) is 0 Å². The molecule has 0 saturated carbocycles. The minimum Gasteiger partial charge on any atom is -0.444 e.